The van der Waals surface area contributed by atoms with Crippen molar-refractivity contribution in [3.63, 3.8) is 0 Å². The number of carbonyl (C=O) groups excluding carboxylic acids is 1. The van der Waals surface area contributed by atoms with E-state index in [1.165, 1.54) is 6.07 Å². The summed E-state index contributed by atoms with van der Waals surface area (Å²) in [6.45, 7) is 7.13. The second-order valence-electron chi connectivity index (χ2n) is 7.61. The molecule has 1 spiro atoms. The number of nitrogens with zero attached hydrogens (tertiary/aromatic N) is 2. The number of likely N-dealkylation sites (tertiary alicyclic amines) is 1. The molecule has 126 valence electrons. The lowest BCUT2D eigenvalue weighted by Gasteiger charge is -2.41. The summed E-state index contributed by atoms with van der Waals surface area (Å²) < 4.78 is 7.07. The SMILES string of the molecule is CC(C)(C)OC(=O)N1CCC2(CC1)Cn1c(cccc1=O)C2O. The van der Waals surface area contributed by atoms with Crippen molar-refractivity contribution in [2.45, 2.75) is 51.9 Å². The van der Waals surface area contributed by atoms with Gasteiger partial charge < -0.3 is 19.3 Å². The van der Waals surface area contributed by atoms with E-state index in [-0.39, 0.29) is 17.1 Å². The zero-order valence-electron chi connectivity index (χ0n) is 13.9. The number of carbonyl (C=O) groups is 1. The van der Waals surface area contributed by atoms with Crippen LogP contribution in [0.25, 0.3) is 0 Å². The molecule has 1 fully saturated rings. The Bertz CT molecular complexity index is 666. The maximum absolute atomic E-state index is 12.2. The summed E-state index contributed by atoms with van der Waals surface area (Å²) in [5.41, 5.74) is -0.259. The fraction of sp³-hybridized carbons (Fsp3) is 0.647. The van der Waals surface area contributed by atoms with Gasteiger partial charge in [0.05, 0.1) is 5.69 Å². The molecule has 6 heteroatoms. The first-order chi connectivity index (χ1) is 10.7. The van der Waals surface area contributed by atoms with Gasteiger partial charge in [-0.15, -0.1) is 0 Å². The molecule has 3 heterocycles. The van der Waals surface area contributed by atoms with Crippen LogP contribution in [0.3, 0.4) is 0 Å². The number of rotatable bonds is 0. The molecular weight excluding hydrogens is 296 g/mol. The Hall–Kier alpha value is -1.82. The number of aliphatic hydroxyl groups excluding tert-OH is 1. The van der Waals surface area contributed by atoms with Gasteiger partial charge in [-0.2, -0.15) is 0 Å². The van der Waals surface area contributed by atoms with Crippen molar-refractivity contribution >= 4 is 6.09 Å². The van der Waals surface area contributed by atoms with Crippen LogP contribution in [0.15, 0.2) is 23.0 Å². The second kappa shape index (κ2) is 5.37. The van der Waals surface area contributed by atoms with Crippen molar-refractivity contribution in [1.29, 1.82) is 0 Å². The molecule has 0 bridgehead atoms. The third-order valence-electron chi connectivity index (χ3n) is 4.83. The Morgan fingerprint density at radius 3 is 2.52 bits per heavy atom. The molecule has 1 atom stereocenters. The molecule has 23 heavy (non-hydrogen) atoms. The van der Waals surface area contributed by atoms with Crippen LogP contribution in [0.1, 0.15) is 45.4 Å². The van der Waals surface area contributed by atoms with Crippen LogP contribution in [-0.2, 0) is 11.3 Å². The zero-order valence-corrected chi connectivity index (χ0v) is 13.9. The summed E-state index contributed by atoms with van der Waals surface area (Å²) >= 11 is 0. The van der Waals surface area contributed by atoms with E-state index in [0.29, 0.717) is 38.2 Å². The summed E-state index contributed by atoms with van der Waals surface area (Å²) in [6.07, 6.45) is 0.356. The molecule has 2 aliphatic rings. The van der Waals surface area contributed by atoms with Gasteiger partial charge in [-0.3, -0.25) is 4.79 Å². The first-order valence-corrected chi connectivity index (χ1v) is 8.08. The van der Waals surface area contributed by atoms with Gasteiger partial charge in [-0.1, -0.05) is 6.07 Å². The van der Waals surface area contributed by atoms with Crippen molar-refractivity contribution in [2.24, 2.45) is 5.41 Å². The van der Waals surface area contributed by atoms with Gasteiger partial charge in [-0.05, 0) is 39.7 Å². The molecule has 1 aromatic heterocycles. The summed E-state index contributed by atoms with van der Waals surface area (Å²) in [5.74, 6) is 0. The Morgan fingerprint density at radius 1 is 1.30 bits per heavy atom. The molecule has 0 aliphatic carbocycles. The summed E-state index contributed by atoms with van der Waals surface area (Å²) in [5, 5.41) is 10.7. The summed E-state index contributed by atoms with van der Waals surface area (Å²) in [4.78, 5) is 25.8. The van der Waals surface area contributed by atoms with E-state index in [1.54, 1.807) is 21.6 Å². The van der Waals surface area contributed by atoms with Gasteiger partial charge in [0.2, 0.25) is 0 Å². The largest absolute Gasteiger partial charge is 0.444 e. The van der Waals surface area contributed by atoms with Gasteiger partial charge in [-0.25, -0.2) is 4.79 Å². The summed E-state index contributed by atoms with van der Waals surface area (Å²) in [7, 11) is 0. The number of fused-ring (bicyclic) bond motifs is 1. The van der Waals surface area contributed by atoms with Crippen molar-refractivity contribution in [3.05, 3.63) is 34.2 Å². The molecule has 0 saturated carbocycles. The maximum Gasteiger partial charge on any atom is 0.410 e. The van der Waals surface area contributed by atoms with Gasteiger partial charge in [0.15, 0.2) is 0 Å². The van der Waals surface area contributed by atoms with E-state index in [1.807, 2.05) is 20.8 Å². The summed E-state index contributed by atoms with van der Waals surface area (Å²) in [6, 6.07) is 5.01. The van der Waals surface area contributed by atoms with Crippen molar-refractivity contribution < 1.29 is 14.6 Å². The number of piperidine rings is 1. The number of aliphatic hydroxyl groups is 1. The maximum atomic E-state index is 12.2. The monoisotopic (exact) mass is 320 g/mol. The highest BCUT2D eigenvalue weighted by Crippen LogP contribution is 2.48. The molecule has 2 aliphatic heterocycles. The number of pyridine rings is 1. The van der Waals surface area contributed by atoms with E-state index < -0.39 is 11.7 Å². The minimum Gasteiger partial charge on any atom is -0.444 e. The van der Waals surface area contributed by atoms with Gasteiger partial charge >= 0.3 is 6.09 Å². The fourth-order valence-electron chi connectivity index (χ4n) is 3.55. The molecule has 1 N–H and O–H groups in total. The number of aromatic nitrogens is 1. The van der Waals surface area contributed by atoms with Crippen LogP contribution < -0.4 is 5.56 Å². The Labute approximate surface area is 135 Å². The molecule has 0 aromatic carbocycles. The van der Waals surface area contributed by atoms with Gasteiger partial charge in [0.25, 0.3) is 5.56 Å². The quantitative estimate of drug-likeness (QED) is 0.792. The molecule has 1 saturated heterocycles. The number of hydrogen-bond donors (Lipinski definition) is 1. The van der Waals surface area contributed by atoms with Crippen molar-refractivity contribution in [1.82, 2.24) is 9.47 Å². The average molecular weight is 320 g/mol. The highest BCUT2D eigenvalue weighted by molar-refractivity contribution is 5.68. The molecule has 1 amide bonds. The standard InChI is InChI=1S/C17H24N2O4/c1-16(2,3)23-15(22)18-9-7-17(8-10-18)11-19-12(14(17)21)5-4-6-13(19)20/h4-6,14,21H,7-11H2,1-3H3. The minimum atomic E-state index is -0.655. The number of ether oxygens (including phenoxy) is 1. The van der Waals surface area contributed by atoms with E-state index in [2.05, 4.69) is 0 Å². The van der Waals surface area contributed by atoms with E-state index >= 15 is 0 Å². The third kappa shape index (κ3) is 2.87. The lowest BCUT2D eigenvalue weighted by Crippen LogP contribution is -2.46. The Morgan fingerprint density at radius 2 is 1.96 bits per heavy atom. The van der Waals surface area contributed by atoms with Gasteiger partial charge in [0, 0.05) is 31.1 Å². The van der Waals surface area contributed by atoms with Gasteiger partial charge in [0.1, 0.15) is 11.7 Å². The Balaban J connectivity index is 1.71. The average Bonchev–Trinajstić information content (AvgIpc) is 2.73. The van der Waals surface area contributed by atoms with E-state index in [9.17, 15) is 14.7 Å². The predicted molar refractivity (Wildman–Crippen MR) is 85.1 cm³/mol. The molecular formula is C17H24N2O4. The normalized spacial score (nSPS) is 23.0. The fourth-order valence-corrected chi connectivity index (χ4v) is 3.55. The van der Waals surface area contributed by atoms with E-state index in [4.69, 9.17) is 4.74 Å². The van der Waals surface area contributed by atoms with Crippen molar-refractivity contribution in [2.75, 3.05) is 13.1 Å². The topological polar surface area (TPSA) is 71.8 Å². The van der Waals surface area contributed by atoms with E-state index in [0.717, 1.165) is 0 Å². The predicted octanol–water partition coefficient (Wildman–Crippen LogP) is 1.91. The Kier molecular flexibility index (Phi) is 3.75. The molecule has 6 nitrogen and oxygen atoms in total. The van der Waals surface area contributed by atoms with Crippen LogP contribution in [0.4, 0.5) is 4.79 Å². The highest BCUT2D eigenvalue weighted by atomic mass is 16.6. The molecule has 1 unspecified atom stereocenters. The highest BCUT2D eigenvalue weighted by Gasteiger charge is 2.48. The molecule has 1 aromatic rings. The van der Waals surface area contributed by atoms with Crippen LogP contribution in [0, 0.1) is 5.41 Å². The zero-order chi connectivity index (χ0) is 16.8. The molecule has 3 rings (SSSR count). The lowest BCUT2D eigenvalue weighted by molar-refractivity contribution is -0.0273. The first-order valence-electron chi connectivity index (χ1n) is 8.08. The number of amides is 1. The van der Waals surface area contributed by atoms with Crippen LogP contribution >= 0.6 is 0 Å². The minimum absolute atomic E-state index is 0.0759. The lowest BCUT2D eigenvalue weighted by atomic mass is 9.75. The second-order valence-corrected chi connectivity index (χ2v) is 7.61. The van der Waals surface area contributed by atoms with Crippen molar-refractivity contribution in [3.8, 4) is 0 Å². The smallest absolute Gasteiger partial charge is 0.410 e. The van der Waals surface area contributed by atoms with Crippen LogP contribution in [0.2, 0.25) is 0 Å². The third-order valence-corrected chi connectivity index (χ3v) is 4.83. The van der Waals surface area contributed by atoms with Crippen LogP contribution in [0.5, 0.6) is 0 Å². The molecule has 0 radical (unpaired) electrons. The first kappa shape index (κ1) is 16.1. The van der Waals surface area contributed by atoms with Crippen LogP contribution in [-0.4, -0.2) is 39.4 Å². The number of hydrogen-bond acceptors (Lipinski definition) is 4.